The molecule has 82 valence electrons. The lowest BCUT2D eigenvalue weighted by Gasteiger charge is -2.05. The molecule has 0 spiro atoms. The summed E-state index contributed by atoms with van der Waals surface area (Å²) < 4.78 is 26.3. The Bertz CT molecular complexity index is 473. The molecule has 15 heavy (non-hydrogen) atoms. The van der Waals surface area contributed by atoms with Crippen molar-refractivity contribution in [3.63, 3.8) is 0 Å². The molecule has 6 heteroatoms. The number of hydrogen-bond donors (Lipinski definition) is 1. The van der Waals surface area contributed by atoms with E-state index in [0.717, 1.165) is 0 Å². The molecule has 0 aromatic heterocycles. The Morgan fingerprint density at radius 3 is 2.73 bits per heavy atom. The molecule has 1 rings (SSSR count). The third kappa shape index (κ3) is 3.95. The van der Waals surface area contributed by atoms with Gasteiger partial charge in [-0.25, -0.2) is 13.1 Å². The second kappa shape index (κ2) is 5.12. The maximum Gasteiger partial charge on any atom is 0.240 e. The number of hydrogen-bond acceptors (Lipinski definition) is 2. The zero-order valence-electron chi connectivity index (χ0n) is 7.70. The smallest absolute Gasteiger partial charge is 0.207 e. The summed E-state index contributed by atoms with van der Waals surface area (Å²) in [6, 6.07) is 6.41. The molecule has 0 heterocycles. The van der Waals surface area contributed by atoms with E-state index in [4.69, 9.17) is 11.6 Å². The lowest BCUT2D eigenvalue weighted by atomic mass is 10.4. The van der Waals surface area contributed by atoms with Gasteiger partial charge < -0.3 is 0 Å². The van der Waals surface area contributed by atoms with Gasteiger partial charge >= 0.3 is 0 Å². The van der Waals surface area contributed by atoms with Crippen LogP contribution in [0.15, 0.2) is 45.2 Å². The molecule has 0 atom stereocenters. The van der Waals surface area contributed by atoms with Crippen LogP contribution in [0, 0.1) is 0 Å². The fraction of sp³-hybridized carbons (Fsp3) is 0.111. The first-order valence-electron chi connectivity index (χ1n) is 4.00. The molecule has 0 saturated heterocycles. The maximum absolute atomic E-state index is 11.7. The molecular formula is C9H9BrClNO2S. The summed E-state index contributed by atoms with van der Waals surface area (Å²) in [5.74, 6) is 0. The molecule has 0 fully saturated rings. The lowest BCUT2D eigenvalue weighted by molar-refractivity contribution is 0.585. The van der Waals surface area contributed by atoms with Gasteiger partial charge in [0.25, 0.3) is 0 Å². The number of benzene rings is 1. The van der Waals surface area contributed by atoms with Gasteiger partial charge in [-0.3, -0.25) is 0 Å². The monoisotopic (exact) mass is 309 g/mol. The van der Waals surface area contributed by atoms with Crippen LogP contribution in [0.25, 0.3) is 0 Å². The molecule has 0 aliphatic rings. The molecule has 0 aliphatic heterocycles. The van der Waals surface area contributed by atoms with Crippen LogP contribution in [-0.2, 0) is 10.0 Å². The van der Waals surface area contributed by atoms with Crippen molar-refractivity contribution in [3.05, 3.63) is 40.3 Å². The molecule has 0 aliphatic carbocycles. The maximum atomic E-state index is 11.7. The van der Waals surface area contributed by atoms with Crippen molar-refractivity contribution >= 4 is 37.6 Å². The molecule has 1 N–H and O–H groups in total. The van der Waals surface area contributed by atoms with Crippen LogP contribution in [0.1, 0.15) is 0 Å². The van der Waals surface area contributed by atoms with Gasteiger partial charge in [-0.2, -0.15) is 0 Å². The largest absolute Gasteiger partial charge is 0.240 e. The summed E-state index contributed by atoms with van der Waals surface area (Å²) in [4.78, 5) is 0.190. The minimum atomic E-state index is -3.50. The molecule has 0 unspecified atom stereocenters. The third-order valence-corrected chi connectivity index (χ3v) is 3.59. The highest BCUT2D eigenvalue weighted by molar-refractivity contribution is 9.10. The summed E-state index contributed by atoms with van der Waals surface area (Å²) in [6.07, 6.45) is 0. The van der Waals surface area contributed by atoms with Crippen LogP contribution in [-0.4, -0.2) is 15.0 Å². The molecular weight excluding hydrogens is 302 g/mol. The molecule has 0 saturated carbocycles. The van der Waals surface area contributed by atoms with E-state index < -0.39 is 10.0 Å². The second-order valence-electron chi connectivity index (χ2n) is 2.80. The van der Waals surface area contributed by atoms with Gasteiger partial charge in [0.05, 0.1) is 4.90 Å². The van der Waals surface area contributed by atoms with Gasteiger partial charge in [-0.05, 0) is 18.2 Å². The highest BCUT2D eigenvalue weighted by Crippen LogP contribution is 2.15. The van der Waals surface area contributed by atoms with E-state index in [0.29, 0.717) is 4.47 Å². The van der Waals surface area contributed by atoms with Gasteiger partial charge in [0.2, 0.25) is 10.0 Å². The van der Waals surface area contributed by atoms with Crippen molar-refractivity contribution in [1.82, 2.24) is 4.72 Å². The normalized spacial score (nSPS) is 11.3. The summed E-state index contributed by atoms with van der Waals surface area (Å²) in [5, 5.41) is 0.244. The third-order valence-electron chi connectivity index (χ3n) is 1.56. The Morgan fingerprint density at radius 2 is 2.20 bits per heavy atom. The quantitative estimate of drug-likeness (QED) is 0.928. The van der Waals surface area contributed by atoms with E-state index in [-0.39, 0.29) is 16.5 Å². The molecule has 1 aromatic carbocycles. The van der Waals surface area contributed by atoms with Gasteiger partial charge in [0, 0.05) is 16.0 Å². The summed E-state index contributed by atoms with van der Waals surface area (Å²) in [6.45, 7) is 3.42. The standard InChI is InChI=1S/C9H9BrClNO2S/c1-7(11)6-12-15(13,14)9-4-2-3-8(10)5-9/h2-5,12H,1,6H2. The Balaban J connectivity index is 2.91. The van der Waals surface area contributed by atoms with E-state index in [9.17, 15) is 8.42 Å². The summed E-state index contributed by atoms with van der Waals surface area (Å²) >= 11 is 8.67. The SMILES string of the molecule is C=C(Cl)CNS(=O)(=O)c1cccc(Br)c1. The lowest BCUT2D eigenvalue weighted by Crippen LogP contribution is -2.24. The Morgan fingerprint density at radius 1 is 1.53 bits per heavy atom. The van der Waals surface area contributed by atoms with Crippen LogP contribution in [0.4, 0.5) is 0 Å². The summed E-state index contributed by atoms with van der Waals surface area (Å²) in [5.41, 5.74) is 0. The topological polar surface area (TPSA) is 46.2 Å². The highest BCUT2D eigenvalue weighted by atomic mass is 79.9. The van der Waals surface area contributed by atoms with Crippen LogP contribution in [0.2, 0.25) is 0 Å². The average molecular weight is 311 g/mol. The molecule has 0 radical (unpaired) electrons. The van der Waals surface area contributed by atoms with E-state index in [2.05, 4.69) is 27.2 Å². The van der Waals surface area contributed by atoms with Crippen molar-refractivity contribution in [2.75, 3.05) is 6.54 Å². The van der Waals surface area contributed by atoms with Gasteiger partial charge in [-0.15, -0.1) is 0 Å². The van der Waals surface area contributed by atoms with Gasteiger partial charge in [0.1, 0.15) is 0 Å². The first-order valence-corrected chi connectivity index (χ1v) is 6.66. The zero-order chi connectivity index (χ0) is 11.5. The Kier molecular flexibility index (Phi) is 4.33. The van der Waals surface area contributed by atoms with Crippen molar-refractivity contribution < 1.29 is 8.42 Å². The first-order chi connectivity index (χ1) is 6.92. The van der Waals surface area contributed by atoms with E-state index in [1.165, 1.54) is 12.1 Å². The van der Waals surface area contributed by atoms with E-state index in [1.807, 2.05) is 0 Å². The van der Waals surface area contributed by atoms with Crippen LogP contribution >= 0.6 is 27.5 Å². The number of rotatable bonds is 4. The van der Waals surface area contributed by atoms with Crippen LogP contribution in [0.3, 0.4) is 0 Å². The second-order valence-corrected chi connectivity index (χ2v) is 6.02. The van der Waals surface area contributed by atoms with Gasteiger partial charge in [-0.1, -0.05) is 40.2 Å². The Labute approximate surface area is 102 Å². The van der Waals surface area contributed by atoms with Crippen molar-refractivity contribution in [2.24, 2.45) is 0 Å². The summed E-state index contributed by atoms with van der Waals surface area (Å²) in [7, 11) is -3.50. The molecule has 0 amide bonds. The molecule has 3 nitrogen and oxygen atoms in total. The average Bonchev–Trinajstić information content (AvgIpc) is 2.15. The number of halogens is 2. The minimum absolute atomic E-state index is 0.0242. The van der Waals surface area contributed by atoms with Crippen LogP contribution < -0.4 is 4.72 Å². The zero-order valence-corrected chi connectivity index (χ0v) is 10.9. The predicted octanol–water partition coefficient (Wildman–Crippen LogP) is 2.48. The van der Waals surface area contributed by atoms with Gasteiger partial charge in [0.15, 0.2) is 0 Å². The van der Waals surface area contributed by atoms with Crippen molar-refractivity contribution in [3.8, 4) is 0 Å². The predicted molar refractivity (Wildman–Crippen MR) is 64.3 cm³/mol. The van der Waals surface area contributed by atoms with Crippen molar-refractivity contribution in [2.45, 2.75) is 4.90 Å². The van der Waals surface area contributed by atoms with Crippen molar-refractivity contribution in [1.29, 1.82) is 0 Å². The molecule has 1 aromatic rings. The van der Waals surface area contributed by atoms with E-state index >= 15 is 0 Å². The fourth-order valence-electron chi connectivity index (χ4n) is 0.891. The van der Waals surface area contributed by atoms with E-state index in [1.54, 1.807) is 12.1 Å². The minimum Gasteiger partial charge on any atom is -0.207 e. The first kappa shape index (κ1) is 12.7. The Hall–Kier alpha value is -0.360. The number of sulfonamides is 1. The van der Waals surface area contributed by atoms with Crippen LogP contribution in [0.5, 0.6) is 0 Å². The molecule has 0 bridgehead atoms. The highest BCUT2D eigenvalue weighted by Gasteiger charge is 2.13. The fourth-order valence-corrected chi connectivity index (χ4v) is 2.66. The number of nitrogens with one attached hydrogen (secondary N) is 1.